The topological polar surface area (TPSA) is 84.9 Å². The summed E-state index contributed by atoms with van der Waals surface area (Å²) < 4.78 is 38.2. The van der Waals surface area contributed by atoms with Gasteiger partial charge in [0.1, 0.15) is 5.75 Å². The molecular formula is C22H27ClN2O5S. The van der Waals surface area contributed by atoms with Crippen molar-refractivity contribution < 1.29 is 22.7 Å². The van der Waals surface area contributed by atoms with E-state index in [1.165, 1.54) is 16.4 Å². The van der Waals surface area contributed by atoms with Crippen LogP contribution in [-0.2, 0) is 26.0 Å². The zero-order valence-electron chi connectivity index (χ0n) is 17.7. The number of morpholine rings is 1. The van der Waals surface area contributed by atoms with E-state index in [4.69, 9.17) is 21.1 Å². The number of hydrogen-bond donors (Lipinski definition) is 1. The second kappa shape index (κ2) is 10.5. The van der Waals surface area contributed by atoms with Crippen molar-refractivity contribution in [2.24, 2.45) is 0 Å². The molecule has 1 N–H and O–H groups in total. The van der Waals surface area contributed by atoms with Crippen LogP contribution in [0.15, 0.2) is 41.3 Å². The Bertz CT molecular complexity index is 1040. The Morgan fingerprint density at radius 1 is 1.19 bits per heavy atom. The summed E-state index contributed by atoms with van der Waals surface area (Å²) in [5.74, 6) is 0.189. The van der Waals surface area contributed by atoms with Gasteiger partial charge in [-0.2, -0.15) is 4.31 Å². The summed E-state index contributed by atoms with van der Waals surface area (Å²) in [7, 11) is -3.68. The van der Waals surface area contributed by atoms with Crippen LogP contribution in [0.3, 0.4) is 0 Å². The number of nitrogens with zero attached hydrogens (tertiary/aromatic N) is 1. The molecule has 3 rings (SSSR count). The largest absolute Gasteiger partial charge is 0.492 e. The number of ether oxygens (including phenoxy) is 2. The third-order valence-electron chi connectivity index (χ3n) is 5.01. The Hall–Kier alpha value is -2.13. The molecule has 168 valence electrons. The summed E-state index contributed by atoms with van der Waals surface area (Å²) in [6.45, 7) is 5.47. The summed E-state index contributed by atoms with van der Waals surface area (Å²) >= 11 is 6.15. The van der Waals surface area contributed by atoms with Gasteiger partial charge in [-0.15, -0.1) is 0 Å². The van der Waals surface area contributed by atoms with Crippen LogP contribution in [0.4, 0.5) is 5.69 Å². The maximum absolute atomic E-state index is 13.0. The van der Waals surface area contributed by atoms with Crippen LogP contribution < -0.4 is 10.1 Å². The quantitative estimate of drug-likeness (QED) is 0.642. The van der Waals surface area contributed by atoms with Gasteiger partial charge in [0, 0.05) is 24.5 Å². The number of halogens is 1. The van der Waals surface area contributed by atoms with Crippen molar-refractivity contribution in [3.8, 4) is 5.75 Å². The molecule has 0 aromatic heterocycles. The lowest BCUT2D eigenvalue weighted by Crippen LogP contribution is -2.40. The van der Waals surface area contributed by atoms with Gasteiger partial charge in [0.25, 0.3) is 0 Å². The van der Waals surface area contributed by atoms with Crippen LogP contribution in [0, 0.1) is 6.92 Å². The number of benzene rings is 2. The number of sulfonamides is 1. The van der Waals surface area contributed by atoms with E-state index in [0.717, 1.165) is 11.1 Å². The predicted octanol–water partition coefficient (Wildman–Crippen LogP) is 3.64. The Labute approximate surface area is 188 Å². The molecule has 0 radical (unpaired) electrons. The number of nitrogens with one attached hydrogen (secondary N) is 1. The van der Waals surface area contributed by atoms with Gasteiger partial charge < -0.3 is 14.8 Å². The number of anilines is 1. The molecule has 31 heavy (non-hydrogen) atoms. The second-order valence-corrected chi connectivity index (χ2v) is 9.58. The lowest BCUT2D eigenvalue weighted by molar-refractivity contribution is -0.116. The van der Waals surface area contributed by atoms with E-state index in [-0.39, 0.29) is 17.2 Å². The fourth-order valence-electron chi connectivity index (χ4n) is 3.25. The molecule has 0 unspecified atom stereocenters. The molecule has 0 saturated carbocycles. The molecule has 1 saturated heterocycles. The minimum absolute atomic E-state index is 0.110. The fraction of sp³-hybridized carbons (Fsp3) is 0.409. The van der Waals surface area contributed by atoms with E-state index >= 15 is 0 Å². The lowest BCUT2D eigenvalue weighted by Gasteiger charge is -2.26. The summed E-state index contributed by atoms with van der Waals surface area (Å²) in [4.78, 5) is 12.7. The first kappa shape index (κ1) is 23.5. The Morgan fingerprint density at radius 2 is 1.94 bits per heavy atom. The van der Waals surface area contributed by atoms with Crippen molar-refractivity contribution in [1.82, 2.24) is 4.31 Å². The van der Waals surface area contributed by atoms with E-state index < -0.39 is 10.0 Å². The van der Waals surface area contributed by atoms with Gasteiger partial charge in [0.15, 0.2) is 0 Å². The van der Waals surface area contributed by atoms with Gasteiger partial charge in [-0.1, -0.05) is 23.7 Å². The first-order chi connectivity index (χ1) is 14.8. The highest BCUT2D eigenvalue weighted by atomic mass is 35.5. The van der Waals surface area contributed by atoms with E-state index in [9.17, 15) is 13.2 Å². The Morgan fingerprint density at radius 3 is 2.61 bits per heavy atom. The predicted molar refractivity (Wildman–Crippen MR) is 120 cm³/mol. The SMILES string of the molecule is CCOc1ccc(S(=O)(=O)N2CCOCC2)cc1NC(=O)CCc1ccc(C)c(Cl)c1. The summed E-state index contributed by atoms with van der Waals surface area (Å²) in [5, 5.41) is 3.47. The number of hydrogen-bond acceptors (Lipinski definition) is 5. The van der Waals surface area contributed by atoms with Crippen molar-refractivity contribution in [2.45, 2.75) is 31.6 Å². The highest BCUT2D eigenvalue weighted by Gasteiger charge is 2.27. The highest BCUT2D eigenvalue weighted by molar-refractivity contribution is 7.89. The van der Waals surface area contributed by atoms with Gasteiger partial charge >= 0.3 is 0 Å². The molecule has 0 spiro atoms. The summed E-state index contributed by atoms with van der Waals surface area (Å²) in [5.41, 5.74) is 2.28. The van der Waals surface area contributed by atoms with Crippen molar-refractivity contribution >= 4 is 33.2 Å². The molecule has 0 aliphatic carbocycles. The van der Waals surface area contributed by atoms with Crippen LogP contribution >= 0.6 is 11.6 Å². The minimum atomic E-state index is -3.68. The average molecular weight is 467 g/mol. The first-order valence-corrected chi connectivity index (χ1v) is 12.0. The molecule has 1 aliphatic rings. The van der Waals surface area contributed by atoms with Gasteiger partial charge in [-0.3, -0.25) is 4.79 Å². The molecule has 0 bridgehead atoms. The second-order valence-electron chi connectivity index (χ2n) is 7.24. The molecule has 2 aromatic rings. The number of carbonyl (C=O) groups excluding carboxylic acids is 1. The van der Waals surface area contributed by atoms with Crippen molar-refractivity contribution in [3.05, 3.63) is 52.5 Å². The Balaban J connectivity index is 1.75. The normalized spacial score (nSPS) is 14.9. The Kier molecular flexibility index (Phi) is 7.94. The molecule has 2 aromatic carbocycles. The summed E-state index contributed by atoms with van der Waals surface area (Å²) in [6.07, 6.45) is 0.743. The van der Waals surface area contributed by atoms with Crippen LogP contribution in [0.25, 0.3) is 0 Å². The van der Waals surface area contributed by atoms with Crippen LogP contribution in [0.5, 0.6) is 5.75 Å². The number of carbonyl (C=O) groups is 1. The maximum Gasteiger partial charge on any atom is 0.243 e. The zero-order chi connectivity index (χ0) is 22.4. The first-order valence-electron chi connectivity index (χ1n) is 10.2. The molecule has 1 fully saturated rings. The zero-order valence-corrected chi connectivity index (χ0v) is 19.3. The number of aryl methyl sites for hydroxylation is 2. The smallest absolute Gasteiger partial charge is 0.243 e. The third kappa shape index (κ3) is 5.98. The molecule has 7 nitrogen and oxygen atoms in total. The van der Waals surface area contributed by atoms with Crippen LogP contribution in [-0.4, -0.2) is 51.5 Å². The molecular weight excluding hydrogens is 440 g/mol. The average Bonchev–Trinajstić information content (AvgIpc) is 2.76. The number of rotatable bonds is 8. The molecule has 0 atom stereocenters. The van der Waals surface area contributed by atoms with Crippen molar-refractivity contribution in [1.29, 1.82) is 0 Å². The van der Waals surface area contributed by atoms with Crippen molar-refractivity contribution in [2.75, 3.05) is 38.2 Å². The minimum Gasteiger partial charge on any atom is -0.492 e. The molecule has 1 amide bonds. The molecule has 1 aliphatic heterocycles. The fourth-order valence-corrected chi connectivity index (χ4v) is 4.88. The van der Waals surface area contributed by atoms with E-state index in [2.05, 4.69) is 5.32 Å². The monoisotopic (exact) mass is 466 g/mol. The van der Waals surface area contributed by atoms with Crippen LogP contribution in [0.2, 0.25) is 5.02 Å². The standard InChI is InChI=1S/C22H27ClN2O5S/c1-3-30-21-8-7-18(31(27,28)25-10-12-29-13-11-25)15-20(21)24-22(26)9-6-17-5-4-16(2)19(23)14-17/h4-5,7-8,14-15H,3,6,9-13H2,1-2H3,(H,24,26). The van der Waals surface area contributed by atoms with Crippen LogP contribution in [0.1, 0.15) is 24.5 Å². The van der Waals surface area contributed by atoms with Gasteiger partial charge in [-0.25, -0.2) is 8.42 Å². The lowest BCUT2D eigenvalue weighted by atomic mass is 10.1. The molecule has 9 heteroatoms. The van der Waals surface area contributed by atoms with Gasteiger partial charge in [0.2, 0.25) is 15.9 Å². The third-order valence-corrected chi connectivity index (χ3v) is 7.31. The highest BCUT2D eigenvalue weighted by Crippen LogP contribution is 2.30. The van der Waals surface area contributed by atoms with E-state index in [0.29, 0.717) is 55.8 Å². The van der Waals surface area contributed by atoms with E-state index in [1.54, 1.807) is 6.07 Å². The van der Waals surface area contributed by atoms with Gasteiger partial charge in [-0.05, 0) is 55.7 Å². The van der Waals surface area contributed by atoms with E-state index in [1.807, 2.05) is 32.0 Å². The summed E-state index contributed by atoms with van der Waals surface area (Å²) in [6, 6.07) is 10.2. The van der Waals surface area contributed by atoms with Crippen molar-refractivity contribution in [3.63, 3.8) is 0 Å². The number of amides is 1. The molecule has 1 heterocycles. The van der Waals surface area contributed by atoms with Gasteiger partial charge in [0.05, 0.1) is 30.4 Å². The maximum atomic E-state index is 13.0.